The molecule has 1 aromatic rings. The fourth-order valence-corrected chi connectivity index (χ4v) is 1.17. The molecule has 0 aliphatic carbocycles. The first-order chi connectivity index (χ1) is 4.93. The average molecular weight is 153 g/mol. The minimum absolute atomic E-state index is 1.09. The zero-order valence-electron chi connectivity index (χ0n) is 6.08. The van der Waals surface area contributed by atoms with Crippen LogP contribution >= 0.6 is 11.8 Å². The lowest BCUT2D eigenvalue weighted by molar-refractivity contribution is 1.05. The topological polar surface area (TPSA) is 12.9 Å². The summed E-state index contributed by atoms with van der Waals surface area (Å²) in [4.78, 5) is 4.20. The number of aryl methyl sites for hydroxylation is 1. The number of aromatic nitrogens is 1. The van der Waals surface area contributed by atoms with Crippen molar-refractivity contribution in [3.8, 4) is 0 Å². The van der Waals surface area contributed by atoms with E-state index in [1.807, 2.05) is 30.1 Å². The van der Waals surface area contributed by atoms with Gasteiger partial charge in [0.05, 0.1) is 0 Å². The van der Waals surface area contributed by atoms with Gasteiger partial charge in [0.25, 0.3) is 0 Å². The molecule has 54 valence electrons. The number of rotatable bonds is 3. The molecule has 0 saturated carbocycles. The van der Waals surface area contributed by atoms with Crippen LogP contribution in [0, 0.1) is 0 Å². The van der Waals surface area contributed by atoms with E-state index in [0.29, 0.717) is 0 Å². The van der Waals surface area contributed by atoms with Crippen molar-refractivity contribution in [1.82, 2.24) is 4.98 Å². The molecule has 10 heavy (non-hydrogen) atoms. The minimum Gasteiger partial charge on any atom is -0.261 e. The molecule has 1 rings (SSSR count). The Morgan fingerprint density at radius 2 is 2.40 bits per heavy atom. The van der Waals surface area contributed by atoms with E-state index in [1.165, 1.54) is 5.69 Å². The summed E-state index contributed by atoms with van der Waals surface area (Å²) in [5, 5.41) is 0. The highest BCUT2D eigenvalue weighted by Gasteiger charge is 1.89. The van der Waals surface area contributed by atoms with Gasteiger partial charge in [0.15, 0.2) is 0 Å². The average Bonchev–Trinajstić information content (AvgIpc) is 2.03. The number of hydrogen-bond donors (Lipinski definition) is 0. The molecule has 1 nitrogen and oxygen atoms in total. The van der Waals surface area contributed by atoms with Crippen LogP contribution in [0.3, 0.4) is 0 Å². The molecule has 0 bridgehead atoms. The number of pyridine rings is 1. The van der Waals surface area contributed by atoms with Crippen LogP contribution in [0.4, 0.5) is 0 Å². The summed E-state index contributed by atoms with van der Waals surface area (Å²) < 4.78 is 0. The Labute approximate surface area is 65.9 Å². The highest BCUT2D eigenvalue weighted by atomic mass is 32.2. The van der Waals surface area contributed by atoms with E-state index in [-0.39, 0.29) is 0 Å². The highest BCUT2D eigenvalue weighted by Crippen LogP contribution is 1.99. The maximum atomic E-state index is 4.20. The summed E-state index contributed by atoms with van der Waals surface area (Å²) in [6.07, 6.45) is 5.04. The first-order valence-electron chi connectivity index (χ1n) is 3.32. The Morgan fingerprint density at radius 3 is 3.00 bits per heavy atom. The van der Waals surface area contributed by atoms with Crippen LogP contribution in [0.25, 0.3) is 0 Å². The number of hydrogen-bond acceptors (Lipinski definition) is 2. The van der Waals surface area contributed by atoms with Gasteiger partial charge >= 0.3 is 0 Å². The van der Waals surface area contributed by atoms with Gasteiger partial charge in [0, 0.05) is 11.9 Å². The van der Waals surface area contributed by atoms with E-state index in [9.17, 15) is 0 Å². The van der Waals surface area contributed by atoms with Gasteiger partial charge in [-0.3, -0.25) is 4.98 Å². The van der Waals surface area contributed by atoms with E-state index in [0.717, 1.165) is 12.2 Å². The van der Waals surface area contributed by atoms with E-state index in [2.05, 4.69) is 17.3 Å². The fraction of sp³-hybridized carbons (Fsp3) is 0.375. The lowest BCUT2D eigenvalue weighted by Gasteiger charge is -1.95. The zero-order valence-corrected chi connectivity index (χ0v) is 6.90. The molecular weight excluding hydrogens is 142 g/mol. The molecule has 0 atom stereocenters. The third-order valence-corrected chi connectivity index (χ3v) is 1.90. The zero-order chi connectivity index (χ0) is 7.23. The highest BCUT2D eigenvalue weighted by molar-refractivity contribution is 7.98. The lowest BCUT2D eigenvalue weighted by atomic mass is 10.3. The summed E-state index contributed by atoms with van der Waals surface area (Å²) in [5.74, 6) is 1.16. The molecule has 0 N–H and O–H groups in total. The molecule has 0 fully saturated rings. The second kappa shape index (κ2) is 4.34. The van der Waals surface area contributed by atoms with Gasteiger partial charge in [0.2, 0.25) is 0 Å². The molecule has 0 spiro atoms. The quantitative estimate of drug-likeness (QED) is 0.658. The van der Waals surface area contributed by atoms with E-state index < -0.39 is 0 Å². The molecular formula is C8H11NS. The number of nitrogens with zero attached hydrogens (tertiary/aromatic N) is 1. The first-order valence-corrected chi connectivity index (χ1v) is 4.71. The minimum atomic E-state index is 1.09. The fourth-order valence-electron chi connectivity index (χ4n) is 0.753. The Kier molecular flexibility index (Phi) is 3.30. The maximum absolute atomic E-state index is 4.20. The molecule has 2 heteroatoms. The van der Waals surface area contributed by atoms with Crippen LogP contribution in [0.5, 0.6) is 0 Å². The summed E-state index contributed by atoms with van der Waals surface area (Å²) in [5.41, 5.74) is 1.19. The van der Waals surface area contributed by atoms with Crippen molar-refractivity contribution >= 4 is 11.8 Å². The van der Waals surface area contributed by atoms with E-state index >= 15 is 0 Å². The van der Waals surface area contributed by atoms with E-state index in [4.69, 9.17) is 0 Å². The molecule has 0 saturated heterocycles. The SMILES string of the molecule is CSCCc1ccccn1. The molecule has 1 aromatic heterocycles. The van der Waals surface area contributed by atoms with Gasteiger partial charge < -0.3 is 0 Å². The molecule has 0 unspecified atom stereocenters. The second-order valence-corrected chi connectivity index (χ2v) is 3.05. The Balaban J connectivity index is 2.43. The standard InChI is InChI=1S/C8H11NS/c1-10-7-5-8-4-2-3-6-9-8/h2-4,6H,5,7H2,1H3. The first kappa shape index (κ1) is 7.61. The van der Waals surface area contributed by atoms with Crippen molar-refractivity contribution in [2.24, 2.45) is 0 Å². The largest absolute Gasteiger partial charge is 0.261 e. The van der Waals surface area contributed by atoms with Crippen LogP contribution in [-0.4, -0.2) is 17.0 Å². The van der Waals surface area contributed by atoms with Crippen molar-refractivity contribution in [2.75, 3.05) is 12.0 Å². The monoisotopic (exact) mass is 153 g/mol. The van der Waals surface area contributed by atoms with Crippen molar-refractivity contribution in [3.05, 3.63) is 30.1 Å². The normalized spacial score (nSPS) is 9.70. The lowest BCUT2D eigenvalue weighted by Crippen LogP contribution is -1.89. The predicted molar refractivity (Wildman–Crippen MR) is 46.3 cm³/mol. The summed E-state index contributed by atoms with van der Waals surface area (Å²) in [7, 11) is 0. The summed E-state index contributed by atoms with van der Waals surface area (Å²) >= 11 is 1.86. The van der Waals surface area contributed by atoms with Crippen molar-refractivity contribution in [1.29, 1.82) is 0 Å². The molecule has 0 amide bonds. The Hall–Kier alpha value is -0.500. The van der Waals surface area contributed by atoms with Crippen molar-refractivity contribution < 1.29 is 0 Å². The summed E-state index contributed by atoms with van der Waals surface area (Å²) in [6, 6.07) is 6.04. The second-order valence-electron chi connectivity index (χ2n) is 2.06. The molecule has 1 heterocycles. The van der Waals surface area contributed by atoms with Gasteiger partial charge in [-0.05, 0) is 30.6 Å². The van der Waals surface area contributed by atoms with Crippen LogP contribution in [0.1, 0.15) is 5.69 Å². The van der Waals surface area contributed by atoms with Gasteiger partial charge in [-0.15, -0.1) is 0 Å². The third-order valence-electron chi connectivity index (χ3n) is 1.29. The van der Waals surface area contributed by atoms with Gasteiger partial charge in [-0.1, -0.05) is 6.07 Å². The summed E-state index contributed by atoms with van der Waals surface area (Å²) in [6.45, 7) is 0. The van der Waals surface area contributed by atoms with Crippen LogP contribution in [0.2, 0.25) is 0 Å². The number of thioether (sulfide) groups is 1. The Bertz CT molecular complexity index is 174. The smallest absolute Gasteiger partial charge is 0.0411 e. The molecule has 0 aliphatic heterocycles. The van der Waals surface area contributed by atoms with Gasteiger partial charge in [-0.2, -0.15) is 11.8 Å². The van der Waals surface area contributed by atoms with Crippen LogP contribution in [0.15, 0.2) is 24.4 Å². The van der Waals surface area contributed by atoms with Gasteiger partial charge in [-0.25, -0.2) is 0 Å². The van der Waals surface area contributed by atoms with E-state index in [1.54, 1.807) is 0 Å². The molecule has 0 radical (unpaired) electrons. The van der Waals surface area contributed by atoms with Gasteiger partial charge in [0.1, 0.15) is 0 Å². The Morgan fingerprint density at radius 1 is 1.50 bits per heavy atom. The van der Waals surface area contributed by atoms with Crippen LogP contribution in [-0.2, 0) is 6.42 Å². The van der Waals surface area contributed by atoms with Crippen molar-refractivity contribution in [2.45, 2.75) is 6.42 Å². The molecule has 0 aromatic carbocycles. The third kappa shape index (κ3) is 2.40. The molecule has 0 aliphatic rings. The maximum Gasteiger partial charge on any atom is 0.0411 e. The van der Waals surface area contributed by atoms with Crippen LogP contribution < -0.4 is 0 Å². The van der Waals surface area contributed by atoms with Crippen molar-refractivity contribution in [3.63, 3.8) is 0 Å². The predicted octanol–water partition coefficient (Wildman–Crippen LogP) is 1.99.